The predicted molar refractivity (Wildman–Crippen MR) is 99.2 cm³/mol. The van der Waals surface area contributed by atoms with E-state index in [0.29, 0.717) is 23.8 Å². The molecule has 1 atom stereocenters. The minimum absolute atomic E-state index is 0.00671. The van der Waals surface area contributed by atoms with Gasteiger partial charge in [0.1, 0.15) is 0 Å². The highest BCUT2D eigenvalue weighted by Crippen LogP contribution is 2.33. The van der Waals surface area contributed by atoms with Gasteiger partial charge in [0.15, 0.2) is 17.5 Å². The number of fused-ring (bicyclic) bond motifs is 1. The Balaban J connectivity index is 1.33. The van der Waals surface area contributed by atoms with Crippen molar-refractivity contribution < 1.29 is 31.9 Å². The number of nitrogens with zero attached hydrogens (tertiary/aromatic N) is 3. The van der Waals surface area contributed by atoms with Crippen molar-refractivity contribution in [3.8, 4) is 11.5 Å². The van der Waals surface area contributed by atoms with Gasteiger partial charge in [0.05, 0.1) is 12.1 Å². The lowest BCUT2D eigenvalue weighted by atomic mass is 10.1. The number of aryl methyl sites for hydroxylation is 1. The second-order valence-corrected chi connectivity index (χ2v) is 6.75. The molecule has 31 heavy (non-hydrogen) atoms. The molecule has 11 heteroatoms. The van der Waals surface area contributed by atoms with Crippen molar-refractivity contribution in [1.82, 2.24) is 20.5 Å². The van der Waals surface area contributed by atoms with Gasteiger partial charge in [0.25, 0.3) is 0 Å². The highest BCUT2D eigenvalue weighted by atomic mass is 19.4. The molecule has 1 aliphatic heterocycles. The molecule has 8 nitrogen and oxygen atoms in total. The van der Waals surface area contributed by atoms with Crippen LogP contribution in [0.25, 0.3) is 0 Å². The second-order valence-electron chi connectivity index (χ2n) is 6.75. The van der Waals surface area contributed by atoms with E-state index in [1.54, 1.807) is 12.1 Å². The highest BCUT2D eigenvalue weighted by molar-refractivity contribution is 5.76. The summed E-state index contributed by atoms with van der Waals surface area (Å²) in [5.41, 5.74) is 0.577. The first kappa shape index (κ1) is 20.6. The average Bonchev–Trinajstić information content (AvgIpc) is 3.39. The fraction of sp³-hybridized carbons (Fsp3) is 0.300. The van der Waals surface area contributed by atoms with Gasteiger partial charge in [-0.1, -0.05) is 12.1 Å². The molecule has 0 spiro atoms. The molecule has 1 amide bonds. The number of nitrogens with one attached hydrogen (secondary N) is 1. The molecule has 3 heterocycles. The fourth-order valence-corrected chi connectivity index (χ4v) is 3.01. The zero-order chi connectivity index (χ0) is 21.8. The standard InChI is InChI=1S/C20H17F3N4O4/c21-20(22,23)19(13-3-1-2-8-24-13)25-16(28)6-7-17-26-27-18(31-17)10-12-4-5-14-15(9-12)30-11-29-14/h1-5,8-9,19H,6-7,10-11H2,(H,25,28)/t19-/m0/s1. The Hall–Kier alpha value is -3.63. The predicted octanol–water partition coefficient (Wildman–Crippen LogP) is 3.14. The molecule has 0 fully saturated rings. The second kappa shape index (κ2) is 8.62. The van der Waals surface area contributed by atoms with Crippen LogP contribution >= 0.6 is 0 Å². The van der Waals surface area contributed by atoms with Crippen LogP contribution < -0.4 is 14.8 Å². The zero-order valence-electron chi connectivity index (χ0n) is 16.1. The first-order chi connectivity index (χ1) is 14.9. The summed E-state index contributed by atoms with van der Waals surface area (Å²) in [6.07, 6.45) is -3.34. The molecule has 0 bridgehead atoms. The van der Waals surface area contributed by atoms with Gasteiger partial charge in [-0.25, -0.2) is 0 Å². The molecule has 0 saturated carbocycles. The Morgan fingerprint density at radius 3 is 2.68 bits per heavy atom. The number of aromatic nitrogens is 3. The summed E-state index contributed by atoms with van der Waals surface area (Å²) in [7, 11) is 0. The van der Waals surface area contributed by atoms with Gasteiger partial charge in [-0.2, -0.15) is 13.2 Å². The summed E-state index contributed by atoms with van der Waals surface area (Å²) in [6.45, 7) is 0.168. The normalized spacial score (nSPS) is 13.8. The van der Waals surface area contributed by atoms with E-state index in [4.69, 9.17) is 13.9 Å². The molecule has 1 aliphatic rings. The molecule has 1 aromatic carbocycles. The number of benzene rings is 1. The molecule has 1 N–H and O–H groups in total. The van der Waals surface area contributed by atoms with E-state index >= 15 is 0 Å². The molecule has 0 radical (unpaired) electrons. The van der Waals surface area contributed by atoms with Crippen LogP contribution in [0.4, 0.5) is 13.2 Å². The molecule has 2 aromatic heterocycles. The summed E-state index contributed by atoms with van der Waals surface area (Å²) < 4.78 is 56.0. The minimum atomic E-state index is -4.67. The van der Waals surface area contributed by atoms with Gasteiger partial charge in [0.2, 0.25) is 24.5 Å². The zero-order valence-corrected chi connectivity index (χ0v) is 16.1. The van der Waals surface area contributed by atoms with Gasteiger partial charge in [0, 0.05) is 19.0 Å². The van der Waals surface area contributed by atoms with Gasteiger partial charge < -0.3 is 19.2 Å². The summed E-state index contributed by atoms with van der Waals surface area (Å²) in [5.74, 6) is 0.955. The van der Waals surface area contributed by atoms with Crippen LogP contribution in [0.15, 0.2) is 47.0 Å². The first-order valence-electron chi connectivity index (χ1n) is 9.35. The van der Waals surface area contributed by atoms with Crippen molar-refractivity contribution in [2.45, 2.75) is 31.5 Å². The molecule has 0 saturated heterocycles. The van der Waals surface area contributed by atoms with E-state index in [2.05, 4.69) is 15.2 Å². The Kier molecular flexibility index (Phi) is 5.74. The number of hydrogen-bond acceptors (Lipinski definition) is 7. The Bertz CT molecular complexity index is 1060. The highest BCUT2D eigenvalue weighted by Gasteiger charge is 2.42. The molecule has 0 unspecified atom stereocenters. The summed E-state index contributed by atoms with van der Waals surface area (Å²) in [4.78, 5) is 15.8. The number of rotatable bonds is 7. The van der Waals surface area contributed by atoms with Crippen LogP contribution in [-0.2, 0) is 17.6 Å². The molecule has 3 aromatic rings. The maximum Gasteiger partial charge on any atom is 0.414 e. The topological polar surface area (TPSA) is 99.4 Å². The lowest BCUT2D eigenvalue weighted by Crippen LogP contribution is -2.38. The maximum absolute atomic E-state index is 13.3. The van der Waals surface area contributed by atoms with E-state index in [9.17, 15) is 18.0 Å². The summed E-state index contributed by atoms with van der Waals surface area (Å²) >= 11 is 0. The van der Waals surface area contributed by atoms with Crippen LogP contribution in [0.3, 0.4) is 0 Å². The maximum atomic E-state index is 13.3. The molecular formula is C20H17F3N4O4. The van der Waals surface area contributed by atoms with E-state index in [0.717, 1.165) is 5.56 Å². The molecular weight excluding hydrogens is 417 g/mol. The number of pyridine rings is 1. The van der Waals surface area contributed by atoms with Gasteiger partial charge in [-0.05, 0) is 29.8 Å². The number of halogens is 3. The van der Waals surface area contributed by atoms with Crippen molar-refractivity contribution >= 4 is 5.91 Å². The number of alkyl halides is 3. The lowest BCUT2D eigenvalue weighted by molar-refractivity contribution is -0.164. The van der Waals surface area contributed by atoms with Crippen LogP contribution in [0.2, 0.25) is 0 Å². The van der Waals surface area contributed by atoms with E-state index < -0.39 is 18.1 Å². The third-order valence-corrected chi connectivity index (χ3v) is 4.48. The van der Waals surface area contributed by atoms with E-state index in [1.165, 1.54) is 24.4 Å². The van der Waals surface area contributed by atoms with E-state index in [1.807, 2.05) is 11.4 Å². The van der Waals surface area contributed by atoms with Crippen molar-refractivity contribution in [3.05, 3.63) is 65.6 Å². The first-order valence-corrected chi connectivity index (χ1v) is 9.35. The van der Waals surface area contributed by atoms with Gasteiger partial charge >= 0.3 is 6.18 Å². The third-order valence-electron chi connectivity index (χ3n) is 4.48. The van der Waals surface area contributed by atoms with Crippen LogP contribution in [0.5, 0.6) is 11.5 Å². The summed E-state index contributed by atoms with van der Waals surface area (Å²) in [6, 6.07) is 7.35. The molecule has 4 rings (SSSR count). The minimum Gasteiger partial charge on any atom is -0.454 e. The molecule has 0 aliphatic carbocycles. The number of carbonyl (C=O) groups is 1. The van der Waals surface area contributed by atoms with E-state index in [-0.39, 0.29) is 31.2 Å². The monoisotopic (exact) mass is 434 g/mol. The van der Waals surface area contributed by atoms with Crippen molar-refractivity contribution in [2.24, 2.45) is 0 Å². The van der Waals surface area contributed by atoms with Crippen LogP contribution in [0, 0.1) is 0 Å². The number of hydrogen-bond donors (Lipinski definition) is 1. The van der Waals surface area contributed by atoms with Gasteiger partial charge in [-0.15, -0.1) is 10.2 Å². The van der Waals surface area contributed by atoms with Crippen molar-refractivity contribution in [3.63, 3.8) is 0 Å². The van der Waals surface area contributed by atoms with Crippen molar-refractivity contribution in [2.75, 3.05) is 6.79 Å². The van der Waals surface area contributed by atoms with Crippen LogP contribution in [-0.4, -0.2) is 34.1 Å². The number of carbonyl (C=O) groups excluding carboxylic acids is 1. The van der Waals surface area contributed by atoms with Crippen LogP contribution in [0.1, 0.15) is 35.5 Å². The fourth-order valence-electron chi connectivity index (χ4n) is 3.01. The van der Waals surface area contributed by atoms with Gasteiger partial charge in [-0.3, -0.25) is 9.78 Å². The Morgan fingerprint density at radius 2 is 1.90 bits per heavy atom. The average molecular weight is 434 g/mol. The Morgan fingerprint density at radius 1 is 1.10 bits per heavy atom. The number of ether oxygens (including phenoxy) is 2. The van der Waals surface area contributed by atoms with Crippen molar-refractivity contribution in [1.29, 1.82) is 0 Å². The SMILES string of the molecule is O=C(CCc1nnc(Cc2ccc3c(c2)OCO3)o1)N[C@@H](c1ccccn1)C(F)(F)F. The lowest BCUT2D eigenvalue weighted by Gasteiger charge is -2.20. The number of amides is 1. The molecule has 162 valence electrons. The largest absolute Gasteiger partial charge is 0.454 e. The summed E-state index contributed by atoms with van der Waals surface area (Å²) in [5, 5.41) is 9.75. The quantitative estimate of drug-likeness (QED) is 0.610. The smallest absolute Gasteiger partial charge is 0.414 e. The third kappa shape index (κ3) is 5.11. The Labute approximate surface area is 174 Å².